The maximum absolute atomic E-state index is 13.3. The predicted octanol–water partition coefficient (Wildman–Crippen LogP) is 22.1. The molecule has 2 saturated carbocycles. The third kappa shape index (κ3) is 22.2. The number of benzene rings is 5. The Labute approximate surface area is 736 Å². The number of nitriles is 2. The van der Waals surface area contributed by atoms with E-state index in [0.29, 0.717) is 115 Å². The summed E-state index contributed by atoms with van der Waals surface area (Å²) in [6.07, 6.45) is 10.3. The Morgan fingerprint density at radius 1 is 0.409 bits per heavy atom. The highest BCUT2D eigenvalue weighted by Crippen LogP contribution is 2.42. The van der Waals surface area contributed by atoms with Crippen LogP contribution in [0.3, 0.4) is 0 Å². The first-order valence-electron chi connectivity index (χ1n) is 41.9. The van der Waals surface area contributed by atoms with Crippen LogP contribution < -0.4 is 26.6 Å². The van der Waals surface area contributed by atoms with E-state index in [1.54, 1.807) is 80.4 Å². The Bertz CT molecular complexity index is 6370. The van der Waals surface area contributed by atoms with Crippen LogP contribution in [0.1, 0.15) is 193 Å². The number of hydrogen-bond donors (Lipinski definition) is 5. The molecule has 0 saturated heterocycles. The zero-order chi connectivity index (χ0) is 92.5. The van der Waals surface area contributed by atoms with Crippen LogP contribution in [-0.2, 0) is 24.0 Å². The molecule has 1 unspecified atom stereocenters. The fourth-order valence-corrected chi connectivity index (χ4v) is 13.4. The molecule has 28 nitrogen and oxygen atoms in total. The van der Waals surface area contributed by atoms with Gasteiger partial charge in [0.05, 0.1) is 117 Å². The Balaban J connectivity index is 0.000000154. The van der Waals surface area contributed by atoms with Crippen LogP contribution in [0.4, 0.5) is 60.0 Å². The van der Waals surface area contributed by atoms with Gasteiger partial charge in [0, 0.05) is 42.2 Å². The topological polar surface area (TPSA) is 334 Å². The van der Waals surface area contributed by atoms with E-state index in [-0.39, 0.29) is 92.7 Å². The second-order valence-electron chi connectivity index (χ2n) is 36.6. The molecule has 0 spiro atoms. The first kappa shape index (κ1) is 93.2. The van der Waals surface area contributed by atoms with Crippen LogP contribution in [0.15, 0.2) is 146 Å². The van der Waals surface area contributed by atoms with E-state index in [9.17, 15) is 37.1 Å². The van der Waals surface area contributed by atoms with Crippen molar-refractivity contribution in [3.8, 4) is 29.6 Å². The Morgan fingerprint density at radius 3 is 0.969 bits per heavy atom. The number of imidazole rings is 5. The number of carbonyl (C=O) groups is 5. The van der Waals surface area contributed by atoms with E-state index in [0.717, 1.165) is 66.3 Å². The molecule has 31 heteroatoms. The minimum atomic E-state index is -0.461. The molecule has 127 heavy (non-hydrogen) atoms. The molecular weight excluding hydrogens is 1610 g/mol. The van der Waals surface area contributed by atoms with Crippen molar-refractivity contribution in [2.75, 3.05) is 26.6 Å². The second-order valence-corrected chi connectivity index (χ2v) is 36.6. The number of anilines is 5. The van der Waals surface area contributed by atoms with Gasteiger partial charge in [-0.3, -0.25) is 64.3 Å². The fraction of sp³-hybridized carbons (Fsp3) is 0.375. The molecule has 5 aromatic carbocycles. The molecule has 13 aromatic rings. The summed E-state index contributed by atoms with van der Waals surface area (Å²) in [5.74, 6) is 0.816. The number of fused-ring (bicyclic) bond motifs is 5. The monoisotopic (exact) mass is 1720 g/mol. The maximum Gasteiger partial charge on any atom is 0.230 e. The molecule has 0 aliphatic heterocycles. The van der Waals surface area contributed by atoms with Gasteiger partial charge >= 0.3 is 0 Å². The molecule has 0 radical (unpaired) electrons. The summed E-state index contributed by atoms with van der Waals surface area (Å²) in [6.45, 7) is 57.4. The molecule has 5 amide bonds. The van der Waals surface area contributed by atoms with Gasteiger partial charge in [-0.05, 0) is 175 Å². The lowest BCUT2D eigenvalue weighted by Gasteiger charge is -2.30. The van der Waals surface area contributed by atoms with Gasteiger partial charge in [-0.25, -0.2) is 67.6 Å². The van der Waals surface area contributed by atoms with E-state index in [4.69, 9.17) is 30.2 Å². The largest absolute Gasteiger partial charge is 0.307 e. The van der Waals surface area contributed by atoms with Crippen LogP contribution in [0, 0.1) is 111 Å². The summed E-state index contributed by atoms with van der Waals surface area (Å²) in [6, 6.07) is 39.5. The lowest BCUT2D eigenvalue weighted by molar-refractivity contribution is -0.123. The van der Waals surface area contributed by atoms with Gasteiger partial charge in [0.2, 0.25) is 59.3 Å². The number of rotatable bonds is 16. The zero-order valence-corrected chi connectivity index (χ0v) is 74.6. The van der Waals surface area contributed by atoms with Crippen LogP contribution in [0.25, 0.3) is 87.2 Å². The highest BCUT2D eigenvalue weighted by atomic mass is 19.1. The highest BCUT2D eigenvalue weighted by molar-refractivity contribution is 5.98. The Morgan fingerprint density at radius 2 is 0.701 bits per heavy atom. The van der Waals surface area contributed by atoms with Crippen LogP contribution >= 0.6 is 0 Å². The fourth-order valence-electron chi connectivity index (χ4n) is 13.4. The summed E-state index contributed by atoms with van der Waals surface area (Å²) in [4.78, 5) is 108. The van der Waals surface area contributed by atoms with Crippen molar-refractivity contribution in [2.24, 2.45) is 51.2 Å². The quantitative estimate of drug-likeness (QED) is 0.0561. The third-order valence-corrected chi connectivity index (χ3v) is 23.0. The average molecular weight is 1720 g/mol. The first-order valence-corrected chi connectivity index (χ1v) is 41.9. The van der Waals surface area contributed by atoms with Crippen molar-refractivity contribution in [3.05, 3.63) is 209 Å². The first-order chi connectivity index (χ1) is 60.0. The summed E-state index contributed by atoms with van der Waals surface area (Å²) < 4.78 is 48.9. The van der Waals surface area contributed by atoms with Crippen LogP contribution in [-0.4, -0.2) is 92.2 Å². The molecule has 654 valence electrons. The zero-order valence-electron chi connectivity index (χ0n) is 74.6. The summed E-state index contributed by atoms with van der Waals surface area (Å²) in [7, 11) is 0. The maximum atomic E-state index is 13.3. The second kappa shape index (κ2) is 38.7. The summed E-state index contributed by atoms with van der Waals surface area (Å²) in [5, 5.41) is 32.9. The molecule has 8 heterocycles. The molecule has 8 aromatic heterocycles. The van der Waals surface area contributed by atoms with Crippen LogP contribution in [0.2, 0.25) is 0 Å². The lowest BCUT2D eigenvalue weighted by Crippen LogP contribution is -2.32. The number of pyridine rings is 3. The number of halogens is 3. The van der Waals surface area contributed by atoms with Crippen molar-refractivity contribution in [2.45, 2.75) is 182 Å². The van der Waals surface area contributed by atoms with Crippen molar-refractivity contribution in [3.63, 3.8) is 0 Å². The van der Waals surface area contributed by atoms with E-state index in [1.807, 2.05) is 107 Å². The number of carbonyl (C=O) groups excluding carboxylic acids is 5. The van der Waals surface area contributed by atoms with Gasteiger partial charge in [-0.15, -0.1) is 0 Å². The van der Waals surface area contributed by atoms with E-state index < -0.39 is 17.5 Å². The third-order valence-electron chi connectivity index (χ3n) is 23.0. The van der Waals surface area contributed by atoms with Gasteiger partial charge in [-0.1, -0.05) is 143 Å². The minimum Gasteiger partial charge on any atom is -0.307 e. The summed E-state index contributed by atoms with van der Waals surface area (Å²) >= 11 is 0. The number of nitrogens with zero attached hydrogens (tertiary/aromatic N) is 18. The van der Waals surface area contributed by atoms with E-state index in [2.05, 4.69) is 144 Å². The van der Waals surface area contributed by atoms with Crippen molar-refractivity contribution in [1.29, 1.82) is 10.5 Å². The Hall–Kier alpha value is -14.5. The van der Waals surface area contributed by atoms with Gasteiger partial charge in [0.15, 0.2) is 17.1 Å². The summed E-state index contributed by atoms with van der Waals surface area (Å²) in [5.41, 5.74) is 9.10. The van der Waals surface area contributed by atoms with Gasteiger partial charge in [0.1, 0.15) is 34.9 Å². The molecule has 15 rings (SSSR count). The normalized spacial score (nSPS) is 13.7. The van der Waals surface area contributed by atoms with Crippen LogP contribution in [0.5, 0.6) is 0 Å². The highest BCUT2D eigenvalue weighted by Gasteiger charge is 2.35. The van der Waals surface area contributed by atoms with E-state index in [1.165, 1.54) is 49.2 Å². The predicted molar refractivity (Wildman–Crippen MR) is 487 cm³/mol. The van der Waals surface area contributed by atoms with Gasteiger partial charge < -0.3 is 9.13 Å². The molecule has 4 atom stereocenters. The van der Waals surface area contributed by atoms with E-state index >= 15 is 0 Å². The van der Waals surface area contributed by atoms with Crippen molar-refractivity contribution in [1.82, 2.24) is 62.7 Å². The lowest BCUT2D eigenvalue weighted by atomic mass is 9.81. The number of amides is 5. The molecule has 2 fully saturated rings. The number of hydrogen-bond acceptors (Lipinski definition) is 15. The minimum absolute atomic E-state index is 0.0149. The number of nitrogens with one attached hydrogen (secondary N) is 5. The van der Waals surface area contributed by atoms with Crippen molar-refractivity contribution < 1.29 is 37.1 Å². The SMILES string of the molecule is CC(C(=O)Nc1nc2ccc(C#N)cc2n1C1CCC1)C(C)(C)C.C[C@@H](C(=O)Nc1nc2ccc(C#N)cc2n1C1CCC1)C(C)(C)C.[C-]#[N+]c1ccc2nc(NC(=O)CC(C)(C)C)n(-c3ccc(F)cn3)c2c1.[C-]#[N+]c1ccc2nc(NC(=O)[C@@H](C)C(C)(C)C)n(-c3ccc(F)cn3)c2c1.[C-]#[N+]c1ccc2nc(NC(=O)[C@@H](C)C(C)C)n(-c3ccc(F)cn3)c2c1. The standard InChI is InChI=1S/C20H20FN5O.2C19H18FN5O.2C19H24N4O/c1-12(20(2,3)4)18(27)25-19-24-15-8-7-14(22-5)10-16(15)26(19)17-9-6-13(21)11-23-17;1-19(2,3)10-17(26)24-18-23-14-7-6-13(21-4)9-15(14)25(18)16-8-5-12(20)11-22-16;1-11(2)12(3)18(26)24-19-23-15-7-6-14(21-4)9-16(15)25(19)17-8-5-13(20)10-22-17;2*1-12(19(2,3)4)17(24)22-18-21-15-9-8-13(11-20)10-16(15)23(18)14-6-5-7-14/h6-12H,1-4H3,(H,24,25,27);5-9,11H,10H2,1-3H3,(H,23,24,26);5-12H,1-3H3,(H,23,24,26);2*8-10,12,14H,5-7H2,1-4H3,(H,21,22,24)/t12-;;2*12-;/m1.00./s1. The van der Waals surface area contributed by atoms with Gasteiger partial charge in [-0.2, -0.15) is 10.5 Å². The van der Waals surface area contributed by atoms with Gasteiger partial charge in [0.25, 0.3) is 0 Å². The Kier molecular flexibility index (Phi) is 28.4. The molecule has 2 aliphatic carbocycles. The molecule has 2 aliphatic rings. The average Bonchev–Trinajstić information content (AvgIpc) is 1.64. The number of aromatic nitrogens is 13. The molecule has 0 bridgehead atoms. The molecular formula is C96H104F3N23O5. The van der Waals surface area contributed by atoms with Crippen molar-refractivity contribution >= 4 is 132 Å². The smallest absolute Gasteiger partial charge is 0.230 e. The molecule has 5 N–H and O–H groups in total.